The Kier molecular flexibility index (Phi) is 7.57. The lowest BCUT2D eigenvalue weighted by atomic mass is 10.1. The van der Waals surface area contributed by atoms with Crippen molar-refractivity contribution in [1.29, 1.82) is 0 Å². The molecule has 0 aliphatic carbocycles. The van der Waals surface area contributed by atoms with E-state index < -0.39 is 0 Å². The Hall–Kier alpha value is -0.370. The minimum absolute atomic E-state index is 0.116. The van der Waals surface area contributed by atoms with E-state index in [0.29, 0.717) is 13.2 Å². The number of benzene rings is 1. The first-order valence-corrected chi connectivity index (χ1v) is 7.32. The molecule has 0 spiro atoms. The molecule has 0 saturated heterocycles. The zero-order chi connectivity index (χ0) is 13.4. The average Bonchev–Trinajstić information content (AvgIpc) is 2.33. The molecule has 0 bridgehead atoms. The van der Waals surface area contributed by atoms with Gasteiger partial charge in [-0.25, -0.2) is 0 Å². The third-order valence-electron chi connectivity index (χ3n) is 2.52. The summed E-state index contributed by atoms with van der Waals surface area (Å²) in [5.74, 6) is 0.941. The lowest BCUT2D eigenvalue weighted by Crippen LogP contribution is -2.37. The zero-order valence-corrected chi connectivity index (χ0v) is 12.9. The van der Waals surface area contributed by atoms with E-state index in [1.807, 2.05) is 13.0 Å². The Morgan fingerprint density at radius 1 is 1.44 bits per heavy atom. The Labute approximate surface area is 123 Å². The van der Waals surface area contributed by atoms with E-state index in [1.54, 1.807) is 0 Å². The van der Waals surface area contributed by atoms with Gasteiger partial charge in [0.05, 0.1) is 10.2 Å². The van der Waals surface area contributed by atoms with Crippen molar-refractivity contribution in [2.45, 2.75) is 19.4 Å². The van der Waals surface area contributed by atoms with Crippen molar-refractivity contribution < 1.29 is 4.74 Å². The molecule has 1 rings (SSSR count). The lowest BCUT2D eigenvalue weighted by molar-refractivity contribution is 0.337. The molecule has 1 aromatic carbocycles. The SMILES string of the molecule is CCOc1ccc(CC(N)CNCCN)cc1I. The van der Waals surface area contributed by atoms with Crippen LogP contribution in [0.3, 0.4) is 0 Å². The molecule has 1 atom stereocenters. The highest BCUT2D eigenvalue weighted by Crippen LogP contribution is 2.22. The van der Waals surface area contributed by atoms with Crippen LogP contribution in [0.15, 0.2) is 18.2 Å². The summed E-state index contributed by atoms with van der Waals surface area (Å²) < 4.78 is 6.64. The van der Waals surface area contributed by atoms with Gasteiger partial charge in [0, 0.05) is 25.7 Å². The first-order valence-electron chi connectivity index (χ1n) is 6.25. The van der Waals surface area contributed by atoms with E-state index in [4.69, 9.17) is 16.2 Å². The normalized spacial score (nSPS) is 12.4. The molecule has 0 heterocycles. The van der Waals surface area contributed by atoms with E-state index in [2.05, 4.69) is 40.0 Å². The van der Waals surface area contributed by atoms with Gasteiger partial charge in [0.2, 0.25) is 0 Å². The van der Waals surface area contributed by atoms with Crippen molar-refractivity contribution in [3.8, 4) is 5.75 Å². The zero-order valence-electron chi connectivity index (χ0n) is 10.8. The summed E-state index contributed by atoms with van der Waals surface area (Å²) in [6, 6.07) is 6.34. The number of nitrogens with two attached hydrogens (primary N) is 2. The van der Waals surface area contributed by atoms with Crippen LogP contribution in [0.1, 0.15) is 12.5 Å². The van der Waals surface area contributed by atoms with Gasteiger partial charge in [0.15, 0.2) is 0 Å². The van der Waals surface area contributed by atoms with Crippen molar-refractivity contribution in [1.82, 2.24) is 5.32 Å². The van der Waals surface area contributed by atoms with Gasteiger partial charge in [0.25, 0.3) is 0 Å². The first kappa shape index (κ1) is 15.7. The summed E-state index contributed by atoms with van der Waals surface area (Å²) in [5.41, 5.74) is 12.7. The molecule has 0 saturated carbocycles. The van der Waals surface area contributed by atoms with Crippen LogP contribution in [0, 0.1) is 3.57 Å². The van der Waals surface area contributed by atoms with Gasteiger partial charge in [-0.3, -0.25) is 0 Å². The molecule has 18 heavy (non-hydrogen) atoms. The van der Waals surface area contributed by atoms with Gasteiger partial charge in [-0.15, -0.1) is 0 Å². The van der Waals surface area contributed by atoms with Crippen LogP contribution in [-0.2, 0) is 6.42 Å². The number of nitrogens with one attached hydrogen (secondary N) is 1. The number of ether oxygens (including phenoxy) is 1. The van der Waals surface area contributed by atoms with E-state index in [1.165, 1.54) is 5.56 Å². The minimum atomic E-state index is 0.116. The molecular weight excluding hydrogens is 341 g/mol. The molecule has 102 valence electrons. The van der Waals surface area contributed by atoms with Gasteiger partial charge in [-0.1, -0.05) is 6.07 Å². The van der Waals surface area contributed by atoms with Gasteiger partial charge in [0.1, 0.15) is 5.75 Å². The second kappa shape index (κ2) is 8.68. The third kappa shape index (κ3) is 5.51. The topological polar surface area (TPSA) is 73.3 Å². The van der Waals surface area contributed by atoms with Crippen molar-refractivity contribution in [3.63, 3.8) is 0 Å². The Balaban J connectivity index is 2.49. The van der Waals surface area contributed by atoms with Crippen molar-refractivity contribution >= 4 is 22.6 Å². The van der Waals surface area contributed by atoms with Gasteiger partial charge < -0.3 is 21.5 Å². The molecule has 1 unspecified atom stereocenters. The van der Waals surface area contributed by atoms with Crippen molar-refractivity contribution in [3.05, 3.63) is 27.3 Å². The summed E-state index contributed by atoms with van der Waals surface area (Å²) >= 11 is 2.29. The predicted molar refractivity (Wildman–Crippen MR) is 83.9 cm³/mol. The van der Waals surface area contributed by atoms with E-state index in [0.717, 1.165) is 28.8 Å². The second-order valence-electron chi connectivity index (χ2n) is 4.15. The van der Waals surface area contributed by atoms with Gasteiger partial charge in [-0.05, 0) is 53.6 Å². The lowest BCUT2D eigenvalue weighted by Gasteiger charge is -2.13. The standard InChI is InChI=1S/C13H22IN3O/c1-2-18-13-4-3-10(8-12(13)14)7-11(16)9-17-6-5-15/h3-4,8,11,17H,2,5-7,9,15-16H2,1H3. The molecule has 5 heteroatoms. The monoisotopic (exact) mass is 363 g/mol. The summed E-state index contributed by atoms with van der Waals surface area (Å²) in [6.07, 6.45) is 0.861. The highest BCUT2D eigenvalue weighted by atomic mass is 127. The molecule has 0 aliphatic rings. The maximum atomic E-state index is 6.06. The molecule has 0 fully saturated rings. The highest BCUT2D eigenvalue weighted by molar-refractivity contribution is 14.1. The van der Waals surface area contributed by atoms with Crippen molar-refractivity contribution in [2.75, 3.05) is 26.2 Å². The number of halogens is 1. The largest absolute Gasteiger partial charge is 0.493 e. The van der Waals surface area contributed by atoms with Crippen molar-refractivity contribution in [2.24, 2.45) is 11.5 Å². The summed E-state index contributed by atoms with van der Waals surface area (Å²) in [5, 5.41) is 3.22. The van der Waals surface area contributed by atoms with E-state index >= 15 is 0 Å². The molecule has 4 nitrogen and oxygen atoms in total. The predicted octanol–water partition coefficient (Wildman–Crippen LogP) is 1.11. The Morgan fingerprint density at radius 2 is 2.22 bits per heavy atom. The maximum absolute atomic E-state index is 6.06. The maximum Gasteiger partial charge on any atom is 0.132 e. The molecule has 0 radical (unpaired) electrons. The van der Waals surface area contributed by atoms with Crippen LogP contribution in [0.5, 0.6) is 5.75 Å². The Morgan fingerprint density at radius 3 is 2.83 bits per heavy atom. The van der Waals surface area contributed by atoms with E-state index in [-0.39, 0.29) is 6.04 Å². The molecule has 0 aliphatic heterocycles. The first-order chi connectivity index (χ1) is 8.67. The third-order valence-corrected chi connectivity index (χ3v) is 3.36. The molecular formula is C13H22IN3O. The minimum Gasteiger partial charge on any atom is -0.493 e. The van der Waals surface area contributed by atoms with Crippen LogP contribution in [0.2, 0.25) is 0 Å². The average molecular weight is 363 g/mol. The van der Waals surface area contributed by atoms with Crippen LogP contribution in [0.4, 0.5) is 0 Å². The fraction of sp³-hybridized carbons (Fsp3) is 0.538. The number of rotatable bonds is 8. The second-order valence-corrected chi connectivity index (χ2v) is 5.32. The summed E-state index contributed by atoms with van der Waals surface area (Å²) in [7, 11) is 0. The van der Waals surface area contributed by atoms with Crippen LogP contribution < -0.4 is 21.5 Å². The smallest absolute Gasteiger partial charge is 0.132 e. The highest BCUT2D eigenvalue weighted by Gasteiger charge is 2.06. The summed E-state index contributed by atoms with van der Waals surface area (Å²) in [4.78, 5) is 0. The van der Waals surface area contributed by atoms with Gasteiger partial charge >= 0.3 is 0 Å². The summed E-state index contributed by atoms with van der Waals surface area (Å²) in [6.45, 7) is 4.93. The molecule has 1 aromatic rings. The number of hydrogen-bond acceptors (Lipinski definition) is 4. The fourth-order valence-electron chi connectivity index (χ4n) is 1.71. The molecule has 5 N–H and O–H groups in total. The molecule has 0 amide bonds. The van der Waals surface area contributed by atoms with Crippen LogP contribution >= 0.6 is 22.6 Å². The van der Waals surface area contributed by atoms with Crippen LogP contribution in [-0.4, -0.2) is 32.3 Å². The van der Waals surface area contributed by atoms with Crippen LogP contribution in [0.25, 0.3) is 0 Å². The fourth-order valence-corrected chi connectivity index (χ4v) is 2.44. The quantitative estimate of drug-likeness (QED) is 0.478. The Bertz CT molecular complexity index is 360. The number of hydrogen-bond donors (Lipinski definition) is 3. The van der Waals surface area contributed by atoms with E-state index in [9.17, 15) is 0 Å². The molecule has 0 aromatic heterocycles. The van der Waals surface area contributed by atoms with Gasteiger partial charge in [-0.2, -0.15) is 0 Å².